The van der Waals surface area contributed by atoms with Gasteiger partial charge in [-0.2, -0.15) is 0 Å². The highest BCUT2D eigenvalue weighted by molar-refractivity contribution is 9.10. The molecule has 2 atom stereocenters. The molecule has 5 rings (SSSR count). The van der Waals surface area contributed by atoms with Crippen LogP contribution in [0.3, 0.4) is 0 Å². The Labute approximate surface area is 187 Å². The lowest BCUT2D eigenvalue weighted by Gasteiger charge is -2.36. The number of anilines is 1. The van der Waals surface area contributed by atoms with Crippen LogP contribution >= 0.6 is 39.1 Å². The van der Waals surface area contributed by atoms with E-state index in [1.807, 2.05) is 24.3 Å². The molecule has 148 valence electrons. The number of carbonyl (C=O) groups is 1. The lowest BCUT2D eigenvalue weighted by molar-refractivity contribution is -0.124. The minimum atomic E-state index is -0.740. The quantitative estimate of drug-likeness (QED) is 0.446. The van der Waals surface area contributed by atoms with E-state index in [2.05, 4.69) is 35.1 Å². The summed E-state index contributed by atoms with van der Waals surface area (Å²) in [6.45, 7) is 4.30. The molecule has 1 fully saturated rings. The van der Waals surface area contributed by atoms with E-state index in [9.17, 15) is 4.79 Å². The highest BCUT2D eigenvalue weighted by Gasteiger charge is 2.67. The summed E-state index contributed by atoms with van der Waals surface area (Å²) >= 11 is 15.9. The first-order chi connectivity index (χ1) is 13.8. The number of rotatable bonds is 2. The van der Waals surface area contributed by atoms with Crippen molar-refractivity contribution in [2.24, 2.45) is 5.41 Å². The fraction of sp³-hybridized carbons (Fsp3) is 0.318. The zero-order valence-electron chi connectivity index (χ0n) is 15.9. The minimum Gasteiger partial charge on any atom is -0.324 e. The van der Waals surface area contributed by atoms with Gasteiger partial charge in [-0.05, 0) is 58.5 Å². The summed E-state index contributed by atoms with van der Waals surface area (Å²) in [5.74, 6) is 0.137. The Hall–Kier alpha value is -1.69. The van der Waals surface area contributed by atoms with Crippen LogP contribution < -0.4 is 5.32 Å². The molecule has 3 aromatic rings. The van der Waals surface area contributed by atoms with Gasteiger partial charge in [-0.3, -0.25) is 4.79 Å². The van der Waals surface area contributed by atoms with Crippen molar-refractivity contribution >= 4 is 61.8 Å². The molecule has 1 aromatic heterocycles. The first-order valence-corrected chi connectivity index (χ1v) is 11.0. The van der Waals surface area contributed by atoms with Crippen LogP contribution in [-0.4, -0.2) is 15.9 Å². The number of amides is 1. The van der Waals surface area contributed by atoms with Gasteiger partial charge < -0.3 is 5.32 Å². The van der Waals surface area contributed by atoms with E-state index in [1.165, 1.54) is 0 Å². The molecule has 2 aromatic carbocycles. The highest BCUT2D eigenvalue weighted by Crippen LogP contribution is 2.67. The largest absolute Gasteiger partial charge is 0.324 e. The second-order valence-electron chi connectivity index (χ2n) is 8.36. The van der Waals surface area contributed by atoms with Crippen LogP contribution in [0.5, 0.6) is 0 Å². The molecule has 2 aliphatic carbocycles. The van der Waals surface area contributed by atoms with Crippen molar-refractivity contribution in [1.82, 2.24) is 9.97 Å². The molecule has 29 heavy (non-hydrogen) atoms. The second-order valence-corrected chi connectivity index (χ2v) is 10.0. The van der Waals surface area contributed by atoms with Crippen LogP contribution in [0.15, 0.2) is 40.9 Å². The summed E-state index contributed by atoms with van der Waals surface area (Å²) in [5.41, 5.74) is 2.77. The predicted molar refractivity (Wildman–Crippen MR) is 120 cm³/mol. The Morgan fingerprint density at radius 1 is 1.14 bits per heavy atom. The van der Waals surface area contributed by atoms with E-state index in [1.54, 1.807) is 12.1 Å². The van der Waals surface area contributed by atoms with Gasteiger partial charge in [-0.1, -0.05) is 49.2 Å². The van der Waals surface area contributed by atoms with Crippen molar-refractivity contribution < 1.29 is 4.79 Å². The molecule has 1 N–H and O–H groups in total. The summed E-state index contributed by atoms with van der Waals surface area (Å²) in [6.07, 6.45) is 1.65. The molecule has 0 aliphatic heterocycles. The summed E-state index contributed by atoms with van der Waals surface area (Å²) in [4.78, 5) is 23.5. The van der Waals surface area contributed by atoms with Crippen LogP contribution in [0, 0.1) is 5.41 Å². The van der Waals surface area contributed by atoms with Crippen molar-refractivity contribution in [2.75, 3.05) is 5.32 Å². The number of aromatic nitrogens is 2. The average molecular weight is 491 g/mol. The maximum atomic E-state index is 13.7. The molecule has 7 heteroatoms. The Balaban J connectivity index is 1.69. The van der Waals surface area contributed by atoms with Crippen molar-refractivity contribution in [3.05, 3.63) is 62.3 Å². The fourth-order valence-electron chi connectivity index (χ4n) is 5.17. The maximum Gasteiger partial charge on any atom is 0.237 e. The van der Waals surface area contributed by atoms with Crippen molar-refractivity contribution in [1.29, 1.82) is 0 Å². The third kappa shape index (κ3) is 2.54. The summed E-state index contributed by atoms with van der Waals surface area (Å²) in [6, 6.07) is 11.1. The van der Waals surface area contributed by atoms with Crippen molar-refractivity contribution in [3.63, 3.8) is 0 Å². The lowest BCUT2D eigenvalue weighted by Crippen LogP contribution is -2.46. The normalized spacial score (nSPS) is 24.0. The zero-order valence-corrected chi connectivity index (χ0v) is 19.0. The SMILES string of the molecule is CC1(C)C2CCC1(C(=O)Nc1ccccc1Br)c1nc3cc(Cl)c(Cl)cc3nc12. The number of nitrogens with zero attached hydrogens (tertiary/aromatic N) is 2. The molecule has 4 nitrogen and oxygen atoms in total. The first kappa shape index (κ1) is 19.3. The third-order valence-corrected chi connectivity index (χ3v) is 8.17. The average Bonchev–Trinajstić information content (AvgIpc) is 3.04. The van der Waals surface area contributed by atoms with E-state index < -0.39 is 5.41 Å². The predicted octanol–water partition coefficient (Wildman–Crippen LogP) is 6.49. The number of para-hydroxylation sites is 1. The van der Waals surface area contributed by atoms with Crippen LogP contribution in [-0.2, 0) is 10.2 Å². The summed E-state index contributed by atoms with van der Waals surface area (Å²) < 4.78 is 0.848. The topological polar surface area (TPSA) is 54.9 Å². The van der Waals surface area contributed by atoms with Gasteiger partial charge in [0.1, 0.15) is 0 Å². The number of carbonyl (C=O) groups excluding carboxylic acids is 1. The molecule has 1 saturated carbocycles. The van der Waals surface area contributed by atoms with Gasteiger partial charge in [0, 0.05) is 10.4 Å². The van der Waals surface area contributed by atoms with Crippen molar-refractivity contribution in [3.8, 4) is 0 Å². The molecular weight excluding hydrogens is 473 g/mol. The smallest absolute Gasteiger partial charge is 0.237 e. The Kier molecular flexibility index (Phi) is 4.26. The standard InChI is InChI=1S/C22H18BrCl2N3O/c1-21(2)11-7-8-22(21,20(29)28-15-6-4-3-5-12(15)23)19-18(11)26-16-9-13(24)14(25)10-17(16)27-19/h3-6,9-11H,7-8H2,1-2H3,(H,28,29). The van der Waals surface area contributed by atoms with Crippen LogP contribution in [0.4, 0.5) is 5.69 Å². The number of hydrogen-bond acceptors (Lipinski definition) is 3. The summed E-state index contributed by atoms with van der Waals surface area (Å²) in [7, 11) is 0. The highest BCUT2D eigenvalue weighted by atomic mass is 79.9. The number of hydrogen-bond donors (Lipinski definition) is 1. The molecule has 0 saturated heterocycles. The lowest BCUT2D eigenvalue weighted by atomic mass is 9.67. The van der Waals surface area contributed by atoms with Crippen LogP contribution in [0.25, 0.3) is 11.0 Å². The Morgan fingerprint density at radius 2 is 1.79 bits per heavy atom. The zero-order chi connectivity index (χ0) is 20.6. The number of fused-ring (bicyclic) bond motifs is 6. The maximum absolute atomic E-state index is 13.7. The molecule has 1 amide bonds. The third-order valence-electron chi connectivity index (χ3n) is 6.76. The van der Waals surface area contributed by atoms with E-state index >= 15 is 0 Å². The van der Waals surface area contributed by atoms with E-state index in [0.717, 1.165) is 34.4 Å². The number of nitrogens with one attached hydrogen (secondary N) is 1. The van der Waals surface area contributed by atoms with E-state index in [0.29, 0.717) is 21.1 Å². The summed E-state index contributed by atoms with van der Waals surface area (Å²) in [5, 5.41) is 4.02. The number of halogens is 3. The van der Waals surface area contributed by atoms with Gasteiger partial charge in [0.25, 0.3) is 0 Å². The molecule has 2 bridgehead atoms. The molecule has 2 unspecified atom stereocenters. The molecular formula is C22H18BrCl2N3O. The Bertz CT molecular complexity index is 1200. The van der Waals surface area contributed by atoms with E-state index in [4.69, 9.17) is 33.2 Å². The second kappa shape index (κ2) is 6.40. The molecule has 0 radical (unpaired) electrons. The van der Waals surface area contributed by atoms with Crippen LogP contribution in [0.1, 0.15) is 44.0 Å². The molecule has 0 spiro atoms. The van der Waals surface area contributed by atoms with Gasteiger partial charge in [0.2, 0.25) is 5.91 Å². The minimum absolute atomic E-state index is 0.0376. The number of benzene rings is 2. The Morgan fingerprint density at radius 3 is 2.48 bits per heavy atom. The van der Waals surface area contributed by atoms with Gasteiger partial charge in [-0.15, -0.1) is 0 Å². The molecule has 2 aliphatic rings. The van der Waals surface area contributed by atoms with E-state index in [-0.39, 0.29) is 17.2 Å². The van der Waals surface area contributed by atoms with Gasteiger partial charge >= 0.3 is 0 Å². The van der Waals surface area contributed by atoms with Gasteiger partial charge in [0.05, 0.1) is 43.6 Å². The van der Waals surface area contributed by atoms with Crippen molar-refractivity contribution in [2.45, 2.75) is 38.0 Å². The molecule has 1 heterocycles. The first-order valence-electron chi connectivity index (χ1n) is 9.49. The van der Waals surface area contributed by atoms with Crippen LogP contribution in [0.2, 0.25) is 10.0 Å². The fourth-order valence-corrected chi connectivity index (χ4v) is 5.87. The van der Waals surface area contributed by atoms with Gasteiger partial charge in [0.15, 0.2) is 0 Å². The van der Waals surface area contributed by atoms with Gasteiger partial charge in [-0.25, -0.2) is 9.97 Å². The monoisotopic (exact) mass is 489 g/mol.